The molecule has 0 bridgehead atoms. The number of rotatable bonds is 8. The van der Waals surface area contributed by atoms with E-state index in [-0.39, 0.29) is 6.17 Å². The van der Waals surface area contributed by atoms with Crippen LogP contribution in [0.4, 0.5) is 0 Å². The number of aromatic nitrogens is 1. The molecular formula is C24H28N4O3. The van der Waals surface area contributed by atoms with Crippen LogP contribution < -0.4 is 20.5 Å². The van der Waals surface area contributed by atoms with Crippen molar-refractivity contribution in [3.05, 3.63) is 60.0 Å². The third-order valence-electron chi connectivity index (χ3n) is 5.22. The number of aryl methyl sites for hydroxylation is 1. The van der Waals surface area contributed by atoms with Gasteiger partial charge < -0.3 is 29.8 Å². The number of fused-ring (bicyclic) bond motifs is 2. The van der Waals surface area contributed by atoms with Gasteiger partial charge in [0.15, 0.2) is 0 Å². The molecule has 7 heteroatoms. The lowest BCUT2D eigenvalue weighted by molar-refractivity contribution is 0.261. The smallest absolute Gasteiger partial charge is 0.138 e. The molecule has 4 rings (SSSR count). The first-order valence-corrected chi connectivity index (χ1v) is 10.3. The van der Waals surface area contributed by atoms with Gasteiger partial charge in [-0.1, -0.05) is 0 Å². The minimum atomic E-state index is -0.286. The third-order valence-corrected chi connectivity index (χ3v) is 5.22. The van der Waals surface area contributed by atoms with E-state index in [0.717, 1.165) is 51.2 Å². The quantitative estimate of drug-likeness (QED) is 0.413. The fourth-order valence-corrected chi connectivity index (χ4v) is 3.57. The molecule has 2 heterocycles. The zero-order valence-electron chi connectivity index (χ0n) is 18.3. The van der Waals surface area contributed by atoms with Crippen molar-refractivity contribution >= 4 is 21.9 Å². The lowest BCUT2D eigenvalue weighted by Crippen LogP contribution is -2.25. The van der Waals surface area contributed by atoms with Crippen LogP contribution in [-0.2, 0) is 0 Å². The summed E-state index contributed by atoms with van der Waals surface area (Å²) < 4.78 is 17.9. The summed E-state index contributed by atoms with van der Waals surface area (Å²) in [6, 6.07) is 13.5. The highest BCUT2D eigenvalue weighted by Gasteiger charge is 2.17. The first kappa shape index (κ1) is 21.1. The normalized spacial score (nSPS) is 12.6. The molecule has 0 aliphatic carbocycles. The third kappa shape index (κ3) is 4.49. The minimum absolute atomic E-state index is 0.286. The number of nitrogens with zero attached hydrogens (tertiary/aromatic N) is 2. The van der Waals surface area contributed by atoms with Crippen LogP contribution in [-0.4, -0.2) is 44.2 Å². The molecule has 162 valence electrons. The maximum Gasteiger partial charge on any atom is 0.138 e. The summed E-state index contributed by atoms with van der Waals surface area (Å²) in [4.78, 5) is 6.55. The fourth-order valence-electron chi connectivity index (χ4n) is 3.57. The van der Waals surface area contributed by atoms with Gasteiger partial charge in [-0.3, -0.25) is 4.98 Å². The Morgan fingerprint density at radius 2 is 1.87 bits per heavy atom. The Hall–Kier alpha value is -3.13. The van der Waals surface area contributed by atoms with Gasteiger partial charge in [-0.05, 0) is 58.4 Å². The number of nitrogens with two attached hydrogens (primary N) is 1. The van der Waals surface area contributed by atoms with Crippen molar-refractivity contribution in [2.24, 2.45) is 5.73 Å². The van der Waals surface area contributed by atoms with Crippen molar-refractivity contribution < 1.29 is 13.9 Å². The number of likely N-dealkylation sites (N-methyl/N-ethyl adjacent to an activating group) is 1. The molecular weight excluding hydrogens is 392 g/mol. The summed E-state index contributed by atoms with van der Waals surface area (Å²) in [7, 11) is 5.87. The standard InChI is InChI=1S/C24H28N4O3/c1-15-23(24(25)26-2)19-8-6-17(14-22(19)30-15)31-21-9-10-27-20-13-16(5-7-18(20)21)29-12-11-28(3)4/h5-10,13-14,24,26H,11-12,25H2,1-4H3. The van der Waals surface area contributed by atoms with E-state index in [0.29, 0.717) is 12.4 Å². The van der Waals surface area contributed by atoms with E-state index in [9.17, 15) is 0 Å². The van der Waals surface area contributed by atoms with Crippen LogP contribution in [0.2, 0.25) is 0 Å². The van der Waals surface area contributed by atoms with Gasteiger partial charge in [0.1, 0.15) is 35.2 Å². The second-order valence-corrected chi connectivity index (χ2v) is 7.74. The summed E-state index contributed by atoms with van der Waals surface area (Å²) in [5, 5.41) is 4.96. The molecule has 0 aliphatic heterocycles. The van der Waals surface area contributed by atoms with E-state index >= 15 is 0 Å². The van der Waals surface area contributed by atoms with E-state index in [2.05, 4.69) is 15.2 Å². The number of furan rings is 1. The van der Waals surface area contributed by atoms with E-state index in [1.54, 1.807) is 6.20 Å². The van der Waals surface area contributed by atoms with Gasteiger partial charge in [0.2, 0.25) is 0 Å². The largest absolute Gasteiger partial charge is 0.492 e. The zero-order valence-corrected chi connectivity index (χ0v) is 18.3. The van der Waals surface area contributed by atoms with Crippen LogP contribution in [0.1, 0.15) is 17.5 Å². The summed E-state index contributed by atoms with van der Waals surface area (Å²) in [5.74, 6) is 2.99. The molecule has 2 aromatic heterocycles. The average molecular weight is 421 g/mol. The number of pyridine rings is 1. The second kappa shape index (κ2) is 8.93. The Morgan fingerprint density at radius 1 is 1.10 bits per heavy atom. The van der Waals surface area contributed by atoms with Gasteiger partial charge in [0, 0.05) is 41.2 Å². The predicted octanol–water partition coefficient (Wildman–Crippen LogP) is 4.20. The van der Waals surface area contributed by atoms with Gasteiger partial charge >= 0.3 is 0 Å². The van der Waals surface area contributed by atoms with Gasteiger partial charge in [0.25, 0.3) is 0 Å². The van der Waals surface area contributed by atoms with Gasteiger partial charge in [-0.2, -0.15) is 0 Å². The molecule has 0 amide bonds. The van der Waals surface area contributed by atoms with Crippen LogP contribution >= 0.6 is 0 Å². The summed E-state index contributed by atoms with van der Waals surface area (Å²) in [6.07, 6.45) is 1.45. The topological polar surface area (TPSA) is 85.8 Å². The van der Waals surface area contributed by atoms with Gasteiger partial charge in [-0.15, -0.1) is 0 Å². The molecule has 1 unspecified atom stereocenters. The monoisotopic (exact) mass is 420 g/mol. The van der Waals surface area contributed by atoms with Crippen molar-refractivity contribution in [1.29, 1.82) is 0 Å². The Kier molecular flexibility index (Phi) is 6.08. The Balaban J connectivity index is 1.60. The Morgan fingerprint density at radius 3 is 2.65 bits per heavy atom. The predicted molar refractivity (Wildman–Crippen MR) is 123 cm³/mol. The Labute approximate surface area is 181 Å². The van der Waals surface area contributed by atoms with Crippen molar-refractivity contribution in [2.75, 3.05) is 34.3 Å². The van der Waals surface area contributed by atoms with Crippen LogP contribution in [0.5, 0.6) is 17.2 Å². The van der Waals surface area contributed by atoms with E-state index in [1.807, 2.05) is 70.5 Å². The van der Waals surface area contributed by atoms with Crippen LogP contribution in [0.15, 0.2) is 53.1 Å². The van der Waals surface area contributed by atoms with E-state index in [1.165, 1.54) is 0 Å². The van der Waals surface area contributed by atoms with Gasteiger partial charge in [-0.25, -0.2) is 0 Å². The molecule has 4 aromatic rings. The average Bonchev–Trinajstić information content (AvgIpc) is 3.08. The second-order valence-electron chi connectivity index (χ2n) is 7.74. The van der Waals surface area contributed by atoms with Crippen molar-refractivity contribution in [3.63, 3.8) is 0 Å². The highest BCUT2D eigenvalue weighted by molar-refractivity contribution is 5.87. The van der Waals surface area contributed by atoms with Crippen LogP contribution in [0, 0.1) is 6.92 Å². The first-order valence-electron chi connectivity index (χ1n) is 10.3. The SMILES string of the molecule is CNC(N)c1c(C)oc2cc(Oc3ccnc4cc(OCCN(C)C)ccc34)ccc12. The number of hydrogen-bond acceptors (Lipinski definition) is 7. The molecule has 3 N–H and O–H groups in total. The lowest BCUT2D eigenvalue weighted by atomic mass is 10.1. The maximum absolute atomic E-state index is 6.19. The molecule has 31 heavy (non-hydrogen) atoms. The maximum atomic E-state index is 6.19. The molecule has 0 aliphatic rings. The first-order chi connectivity index (χ1) is 15.0. The van der Waals surface area contributed by atoms with Crippen LogP contribution in [0.25, 0.3) is 21.9 Å². The van der Waals surface area contributed by atoms with Gasteiger partial charge in [0.05, 0.1) is 11.7 Å². The number of ether oxygens (including phenoxy) is 2. The molecule has 1 atom stereocenters. The highest BCUT2D eigenvalue weighted by Crippen LogP contribution is 2.35. The highest BCUT2D eigenvalue weighted by atomic mass is 16.5. The fraction of sp³-hybridized carbons (Fsp3) is 0.292. The molecule has 0 saturated heterocycles. The molecule has 0 fully saturated rings. The molecule has 7 nitrogen and oxygen atoms in total. The van der Waals surface area contributed by atoms with E-state index in [4.69, 9.17) is 19.6 Å². The molecule has 0 radical (unpaired) electrons. The summed E-state index contributed by atoms with van der Waals surface area (Å²) in [5.41, 5.74) is 8.68. The zero-order chi connectivity index (χ0) is 22.0. The van der Waals surface area contributed by atoms with Crippen LogP contribution in [0.3, 0.4) is 0 Å². The lowest BCUT2D eigenvalue weighted by Gasteiger charge is -2.12. The number of benzene rings is 2. The van der Waals surface area contributed by atoms with E-state index < -0.39 is 0 Å². The molecule has 2 aromatic carbocycles. The summed E-state index contributed by atoms with van der Waals surface area (Å²) in [6.45, 7) is 3.39. The van der Waals surface area contributed by atoms with Crippen molar-refractivity contribution in [1.82, 2.24) is 15.2 Å². The Bertz CT molecular complexity index is 1200. The minimum Gasteiger partial charge on any atom is -0.492 e. The summed E-state index contributed by atoms with van der Waals surface area (Å²) >= 11 is 0. The van der Waals surface area contributed by atoms with Crippen molar-refractivity contribution in [2.45, 2.75) is 13.1 Å². The number of nitrogens with one attached hydrogen (secondary N) is 1. The number of hydrogen-bond donors (Lipinski definition) is 2. The van der Waals surface area contributed by atoms with Crippen molar-refractivity contribution in [3.8, 4) is 17.2 Å². The molecule has 0 spiro atoms. The molecule has 0 saturated carbocycles.